The van der Waals surface area contributed by atoms with Gasteiger partial charge in [-0.1, -0.05) is 12.2 Å². The predicted octanol–water partition coefficient (Wildman–Crippen LogP) is 2.45. The molecule has 6 nitrogen and oxygen atoms in total. The number of benzene rings is 1. The minimum Gasteiger partial charge on any atom is -0.494 e. The Balaban J connectivity index is 1.39. The van der Waals surface area contributed by atoms with Gasteiger partial charge in [0.05, 0.1) is 18.4 Å². The third-order valence-electron chi connectivity index (χ3n) is 6.88. The summed E-state index contributed by atoms with van der Waals surface area (Å²) >= 11 is 0. The van der Waals surface area contributed by atoms with Crippen LogP contribution < -0.4 is 9.64 Å². The van der Waals surface area contributed by atoms with E-state index in [4.69, 9.17) is 4.74 Å². The van der Waals surface area contributed by atoms with E-state index in [0.717, 1.165) is 12.2 Å². The number of hydrogen-bond acceptors (Lipinski definition) is 4. The van der Waals surface area contributed by atoms with Gasteiger partial charge in [-0.05, 0) is 61.3 Å². The lowest BCUT2D eigenvalue weighted by Crippen LogP contribution is -2.44. The Morgan fingerprint density at radius 2 is 1.64 bits per heavy atom. The van der Waals surface area contributed by atoms with Gasteiger partial charge in [-0.15, -0.1) is 0 Å². The molecule has 6 atom stereocenters. The van der Waals surface area contributed by atoms with Crippen molar-refractivity contribution in [3.05, 3.63) is 36.4 Å². The van der Waals surface area contributed by atoms with Crippen LogP contribution in [0.4, 0.5) is 5.69 Å². The van der Waals surface area contributed by atoms with Gasteiger partial charge >= 0.3 is 0 Å². The topological polar surface area (TPSA) is 66.9 Å². The summed E-state index contributed by atoms with van der Waals surface area (Å²) in [7, 11) is 0. The molecule has 2 bridgehead atoms. The Morgan fingerprint density at radius 3 is 2.14 bits per heavy atom. The van der Waals surface area contributed by atoms with Crippen LogP contribution in [-0.2, 0) is 14.4 Å². The smallest absolute Gasteiger partial charge is 0.235 e. The van der Waals surface area contributed by atoms with E-state index in [-0.39, 0.29) is 48.1 Å². The first kappa shape index (κ1) is 17.5. The van der Waals surface area contributed by atoms with Gasteiger partial charge in [0.2, 0.25) is 17.7 Å². The lowest BCUT2D eigenvalue weighted by atomic mass is 9.63. The van der Waals surface area contributed by atoms with Gasteiger partial charge in [-0.3, -0.25) is 24.2 Å². The highest BCUT2D eigenvalue weighted by Gasteiger charge is 2.67. The van der Waals surface area contributed by atoms with Crippen LogP contribution in [0.25, 0.3) is 0 Å². The molecule has 4 aliphatic carbocycles. The number of carbonyl (C=O) groups excluding carboxylic acids is 3. The molecule has 0 radical (unpaired) electrons. The minimum atomic E-state index is -0.236. The highest BCUT2D eigenvalue weighted by molar-refractivity contribution is 6.07. The van der Waals surface area contributed by atoms with Gasteiger partial charge in [0.25, 0.3) is 0 Å². The van der Waals surface area contributed by atoms with Crippen molar-refractivity contribution >= 4 is 23.4 Å². The summed E-state index contributed by atoms with van der Waals surface area (Å²) in [5.41, 5.74) is 0.648. The second-order valence-corrected chi connectivity index (χ2v) is 8.27. The lowest BCUT2D eigenvalue weighted by Gasteiger charge is -2.37. The van der Waals surface area contributed by atoms with E-state index in [1.165, 1.54) is 16.7 Å². The Kier molecular flexibility index (Phi) is 3.86. The molecule has 1 aromatic carbocycles. The van der Waals surface area contributed by atoms with Crippen molar-refractivity contribution in [2.45, 2.75) is 20.3 Å². The molecule has 3 amide bonds. The van der Waals surface area contributed by atoms with Crippen molar-refractivity contribution in [3.63, 3.8) is 0 Å². The second kappa shape index (κ2) is 6.19. The Hall–Kier alpha value is -2.63. The quantitative estimate of drug-likeness (QED) is 0.581. The molecule has 1 saturated heterocycles. The summed E-state index contributed by atoms with van der Waals surface area (Å²) in [6.45, 7) is 3.90. The zero-order chi connectivity index (χ0) is 19.6. The first-order chi connectivity index (χ1) is 13.5. The fourth-order valence-corrected chi connectivity index (χ4v) is 5.55. The van der Waals surface area contributed by atoms with Gasteiger partial charge in [-0.25, -0.2) is 0 Å². The number of rotatable bonds is 5. The zero-order valence-corrected chi connectivity index (χ0v) is 16.1. The highest BCUT2D eigenvalue weighted by Crippen LogP contribution is 2.65. The van der Waals surface area contributed by atoms with Crippen molar-refractivity contribution in [1.29, 1.82) is 0 Å². The van der Waals surface area contributed by atoms with Gasteiger partial charge in [0.15, 0.2) is 0 Å². The van der Waals surface area contributed by atoms with Gasteiger partial charge in [0, 0.05) is 12.6 Å². The number of hydrogen-bond donors (Lipinski definition) is 0. The number of ether oxygens (including phenoxy) is 1. The normalized spacial score (nSPS) is 34.3. The van der Waals surface area contributed by atoms with Crippen LogP contribution in [-0.4, -0.2) is 35.9 Å². The molecular weight excluding hydrogens is 356 g/mol. The molecular formula is C22H24N2O4. The average Bonchev–Trinajstić information content (AvgIpc) is 3.47. The number of anilines is 1. The number of carbonyl (C=O) groups is 3. The fraction of sp³-hybridized carbons (Fsp3) is 0.500. The van der Waals surface area contributed by atoms with E-state index in [9.17, 15) is 14.4 Å². The van der Waals surface area contributed by atoms with Crippen molar-refractivity contribution in [2.24, 2.45) is 35.5 Å². The molecule has 28 heavy (non-hydrogen) atoms. The summed E-state index contributed by atoms with van der Waals surface area (Å²) in [6, 6.07) is 7.15. The number of allylic oxidation sites excluding steroid dienone is 2. The molecule has 146 valence electrons. The van der Waals surface area contributed by atoms with E-state index in [2.05, 4.69) is 12.2 Å². The van der Waals surface area contributed by atoms with E-state index >= 15 is 0 Å². The van der Waals surface area contributed by atoms with Crippen LogP contribution in [0.15, 0.2) is 36.4 Å². The van der Waals surface area contributed by atoms with Crippen molar-refractivity contribution in [3.8, 4) is 5.75 Å². The van der Waals surface area contributed by atoms with Gasteiger partial charge < -0.3 is 4.74 Å². The Morgan fingerprint density at radius 1 is 1.07 bits per heavy atom. The lowest BCUT2D eigenvalue weighted by molar-refractivity contribution is -0.140. The Bertz CT molecular complexity index is 841. The Labute approximate surface area is 164 Å². The summed E-state index contributed by atoms with van der Waals surface area (Å²) < 4.78 is 5.45. The SMILES string of the molecule is CCOc1ccc(N(CN2C(=O)[C@@H]3[C@@H]4C=C[C@H]([C@H]5C[C@H]45)[C@@H]3C2=O)C(C)=O)cc1. The molecule has 6 heteroatoms. The number of nitrogens with zero attached hydrogens (tertiary/aromatic N) is 2. The molecule has 1 heterocycles. The third kappa shape index (κ3) is 2.43. The predicted molar refractivity (Wildman–Crippen MR) is 102 cm³/mol. The molecule has 0 N–H and O–H groups in total. The van der Waals surface area contributed by atoms with Gasteiger partial charge in [0.1, 0.15) is 12.4 Å². The van der Waals surface area contributed by atoms with Crippen molar-refractivity contribution < 1.29 is 19.1 Å². The van der Waals surface area contributed by atoms with Gasteiger partial charge in [-0.2, -0.15) is 0 Å². The largest absolute Gasteiger partial charge is 0.494 e. The van der Waals surface area contributed by atoms with E-state index < -0.39 is 0 Å². The standard InChI is InChI=1S/C22H24N2O4/c1-3-28-14-6-4-13(5-7-14)23(12(2)25)11-24-21(26)19-15-8-9-16(18-10-17(15)18)20(19)22(24)27/h4-9,15-20H,3,10-11H2,1-2H3/t15-,16-,17-,18-,19-,20+/m1/s1. The van der Waals surface area contributed by atoms with Crippen molar-refractivity contribution in [1.82, 2.24) is 4.90 Å². The number of likely N-dealkylation sites (tertiary alicyclic amines) is 1. The zero-order valence-electron chi connectivity index (χ0n) is 16.1. The van der Waals surface area contributed by atoms with Crippen LogP contribution in [0, 0.1) is 35.5 Å². The van der Waals surface area contributed by atoms with Crippen LogP contribution >= 0.6 is 0 Å². The molecule has 0 spiro atoms. The van der Waals surface area contributed by atoms with E-state index in [0.29, 0.717) is 24.1 Å². The number of imide groups is 1. The summed E-state index contributed by atoms with van der Waals surface area (Å²) in [6.07, 6.45) is 5.45. The van der Waals surface area contributed by atoms with Crippen LogP contribution in [0.2, 0.25) is 0 Å². The molecule has 5 aliphatic rings. The number of amides is 3. The maximum absolute atomic E-state index is 13.1. The first-order valence-electron chi connectivity index (χ1n) is 10.1. The maximum Gasteiger partial charge on any atom is 0.235 e. The van der Waals surface area contributed by atoms with E-state index in [1.807, 2.05) is 6.92 Å². The van der Waals surface area contributed by atoms with Crippen molar-refractivity contribution in [2.75, 3.05) is 18.2 Å². The summed E-state index contributed by atoms with van der Waals surface area (Å²) in [4.78, 5) is 41.4. The molecule has 1 aliphatic heterocycles. The molecule has 0 unspecified atom stereocenters. The van der Waals surface area contributed by atoms with Crippen LogP contribution in [0.5, 0.6) is 5.75 Å². The summed E-state index contributed by atoms with van der Waals surface area (Å²) in [5, 5.41) is 0. The molecule has 1 aromatic rings. The minimum absolute atomic E-state index is 0.0250. The maximum atomic E-state index is 13.1. The van der Waals surface area contributed by atoms with Crippen LogP contribution in [0.3, 0.4) is 0 Å². The third-order valence-corrected chi connectivity index (χ3v) is 6.88. The monoisotopic (exact) mass is 380 g/mol. The second-order valence-electron chi connectivity index (χ2n) is 8.27. The molecule has 6 rings (SSSR count). The van der Waals surface area contributed by atoms with Crippen LogP contribution in [0.1, 0.15) is 20.3 Å². The molecule has 2 saturated carbocycles. The first-order valence-corrected chi connectivity index (χ1v) is 10.1. The average molecular weight is 380 g/mol. The highest BCUT2D eigenvalue weighted by atomic mass is 16.5. The summed E-state index contributed by atoms with van der Waals surface area (Å²) in [5.74, 6) is 1.34. The van der Waals surface area contributed by atoms with E-state index in [1.54, 1.807) is 24.3 Å². The fourth-order valence-electron chi connectivity index (χ4n) is 5.55. The molecule has 3 fully saturated rings. The molecule has 0 aromatic heterocycles.